The molecular weight excluding hydrogens is 318 g/mol. The van der Waals surface area contributed by atoms with Gasteiger partial charge in [0.15, 0.2) is 0 Å². The fourth-order valence-electron chi connectivity index (χ4n) is 2.88. The van der Waals surface area contributed by atoms with Crippen LogP contribution in [0.4, 0.5) is 0 Å². The molecule has 2 atom stereocenters. The number of hydrogen-bond donors (Lipinski definition) is 1. The quantitative estimate of drug-likeness (QED) is 0.775. The van der Waals surface area contributed by atoms with E-state index in [2.05, 4.69) is 15.3 Å². The first kappa shape index (κ1) is 15.0. The number of nitrogens with zero attached hydrogens (tertiary/aromatic N) is 2. The Bertz CT molecular complexity index is 832. The highest BCUT2D eigenvalue weighted by Gasteiger charge is 2.43. The first-order chi connectivity index (χ1) is 11.8. The first-order valence-electron chi connectivity index (χ1n) is 7.99. The van der Waals surface area contributed by atoms with Crippen LogP contribution in [0.2, 0.25) is 0 Å². The third-order valence-electron chi connectivity index (χ3n) is 4.27. The molecule has 1 aliphatic rings. The zero-order valence-electron chi connectivity index (χ0n) is 13.1. The summed E-state index contributed by atoms with van der Waals surface area (Å²) < 4.78 is 0. The van der Waals surface area contributed by atoms with Gasteiger partial charge in [-0.1, -0.05) is 36.4 Å². The molecule has 0 spiro atoms. The van der Waals surface area contributed by atoms with E-state index < -0.39 is 0 Å². The number of aromatic nitrogens is 2. The van der Waals surface area contributed by atoms with Crippen LogP contribution in [0.15, 0.2) is 60.2 Å². The van der Waals surface area contributed by atoms with E-state index in [1.165, 1.54) is 0 Å². The largest absolute Gasteiger partial charge is 0.349 e. The maximum atomic E-state index is 12.3. The van der Waals surface area contributed by atoms with Crippen molar-refractivity contribution in [3.05, 3.63) is 70.8 Å². The molecule has 120 valence electrons. The Morgan fingerprint density at radius 1 is 1.21 bits per heavy atom. The van der Waals surface area contributed by atoms with Gasteiger partial charge in [0.1, 0.15) is 5.01 Å². The van der Waals surface area contributed by atoms with Crippen LogP contribution in [0.1, 0.15) is 22.9 Å². The normalized spacial score (nSPS) is 19.0. The lowest BCUT2D eigenvalue weighted by atomic mass is 10.1. The summed E-state index contributed by atoms with van der Waals surface area (Å²) in [5.74, 6) is 0.498. The summed E-state index contributed by atoms with van der Waals surface area (Å²) in [6, 6.07) is 14.0. The summed E-state index contributed by atoms with van der Waals surface area (Å²) in [5, 5.41) is 5.98. The highest BCUT2D eigenvalue weighted by Crippen LogP contribution is 2.47. The van der Waals surface area contributed by atoms with Crippen molar-refractivity contribution >= 4 is 17.2 Å². The van der Waals surface area contributed by atoms with Crippen molar-refractivity contribution in [1.82, 2.24) is 15.3 Å². The fourth-order valence-corrected chi connectivity index (χ4v) is 3.62. The number of rotatable bonds is 5. The number of benzene rings is 1. The summed E-state index contributed by atoms with van der Waals surface area (Å²) >= 11 is 1.58. The van der Waals surface area contributed by atoms with Gasteiger partial charge in [-0.25, -0.2) is 4.98 Å². The zero-order chi connectivity index (χ0) is 16.4. The molecule has 0 aliphatic heterocycles. The van der Waals surface area contributed by atoms with E-state index in [1.54, 1.807) is 17.5 Å². The first-order valence-corrected chi connectivity index (χ1v) is 8.86. The van der Waals surface area contributed by atoms with E-state index in [1.807, 2.05) is 54.0 Å². The lowest BCUT2D eigenvalue weighted by Gasteiger charge is -2.03. The van der Waals surface area contributed by atoms with E-state index in [0.717, 1.165) is 28.2 Å². The molecule has 0 saturated heterocycles. The molecule has 2 aromatic heterocycles. The minimum Gasteiger partial charge on any atom is -0.349 e. The molecule has 0 radical (unpaired) electrons. The van der Waals surface area contributed by atoms with Crippen molar-refractivity contribution < 1.29 is 4.79 Å². The van der Waals surface area contributed by atoms with Crippen LogP contribution in [0, 0.1) is 5.92 Å². The molecule has 5 heteroatoms. The van der Waals surface area contributed by atoms with Gasteiger partial charge in [-0.2, -0.15) is 0 Å². The molecule has 4 rings (SSSR count). The Morgan fingerprint density at radius 3 is 2.88 bits per heavy atom. The van der Waals surface area contributed by atoms with Crippen LogP contribution in [-0.4, -0.2) is 15.9 Å². The van der Waals surface area contributed by atoms with Crippen LogP contribution in [0.3, 0.4) is 0 Å². The molecule has 1 aromatic carbocycles. The summed E-state index contributed by atoms with van der Waals surface area (Å²) in [4.78, 5) is 21.0. The van der Waals surface area contributed by atoms with E-state index in [0.29, 0.717) is 12.5 Å². The third-order valence-corrected chi connectivity index (χ3v) is 5.12. The van der Waals surface area contributed by atoms with Gasteiger partial charge < -0.3 is 5.32 Å². The van der Waals surface area contributed by atoms with Crippen LogP contribution in [0.5, 0.6) is 0 Å². The number of nitrogens with one attached hydrogen (secondary N) is 1. The Labute approximate surface area is 144 Å². The predicted octanol–water partition coefficient (Wildman–Crippen LogP) is 3.63. The van der Waals surface area contributed by atoms with Crippen LogP contribution in [-0.2, 0) is 11.3 Å². The third kappa shape index (κ3) is 3.21. The number of carbonyl (C=O) groups is 1. The molecule has 1 fully saturated rings. The van der Waals surface area contributed by atoms with Gasteiger partial charge in [0.25, 0.3) is 0 Å². The van der Waals surface area contributed by atoms with Crippen molar-refractivity contribution in [1.29, 1.82) is 0 Å². The molecule has 2 heterocycles. The second-order valence-corrected chi connectivity index (χ2v) is 6.89. The van der Waals surface area contributed by atoms with Gasteiger partial charge in [-0.3, -0.25) is 9.78 Å². The highest BCUT2D eigenvalue weighted by atomic mass is 32.1. The van der Waals surface area contributed by atoms with E-state index >= 15 is 0 Å². The fraction of sp³-hybridized carbons (Fsp3) is 0.211. The summed E-state index contributed by atoms with van der Waals surface area (Å²) in [6.07, 6.45) is 4.52. The monoisotopic (exact) mass is 335 g/mol. The van der Waals surface area contributed by atoms with E-state index in [9.17, 15) is 4.79 Å². The van der Waals surface area contributed by atoms with Gasteiger partial charge in [0.05, 0.1) is 12.2 Å². The average Bonchev–Trinajstić information content (AvgIpc) is 3.31. The highest BCUT2D eigenvalue weighted by molar-refractivity contribution is 7.09. The number of hydrogen-bond acceptors (Lipinski definition) is 4. The molecule has 1 amide bonds. The van der Waals surface area contributed by atoms with Crippen LogP contribution < -0.4 is 5.32 Å². The lowest BCUT2D eigenvalue weighted by molar-refractivity contribution is -0.122. The van der Waals surface area contributed by atoms with Gasteiger partial charge in [0, 0.05) is 29.3 Å². The van der Waals surface area contributed by atoms with Gasteiger partial charge in [-0.05, 0) is 24.0 Å². The van der Waals surface area contributed by atoms with Gasteiger partial charge >= 0.3 is 0 Å². The standard InChI is InChI=1S/C19H17N3OS/c23-19(16-9-15(16)14-7-4-8-20-10-14)21-11-18-22-17(12-24-18)13-5-2-1-3-6-13/h1-8,10,12,15-16H,9,11H2,(H,21,23)/t15-,16-/m1/s1. The van der Waals surface area contributed by atoms with Crippen molar-refractivity contribution in [2.24, 2.45) is 5.92 Å². The van der Waals surface area contributed by atoms with Gasteiger partial charge in [0.2, 0.25) is 5.91 Å². The van der Waals surface area contributed by atoms with Gasteiger partial charge in [-0.15, -0.1) is 11.3 Å². The van der Waals surface area contributed by atoms with E-state index in [4.69, 9.17) is 0 Å². The van der Waals surface area contributed by atoms with Crippen molar-refractivity contribution in [3.63, 3.8) is 0 Å². The second kappa shape index (κ2) is 6.53. The molecule has 1 N–H and O–H groups in total. The second-order valence-electron chi connectivity index (χ2n) is 5.95. The minimum absolute atomic E-state index is 0.0720. The Kier molecular flexibility index (Phi) is 4.09. The number of thiazole rings is 1. The van der Waals surface area contributed by atoms with E-state index in [-0.39, 0.29) is 11.8 Å². The average molecular weight is 335 g/mol. The molecule has 3 aromatic rings. The topological polar surface area (TPSA) is 54.9 Å². The molecule has 1 aliphatic carbocycles. The molecule has 1 saturated carbocycles. The molecular formula is C19H17N3OS. The maximum Gasteiger partial charge on any atom is 0.224 e. The predicted molar refractivity (Wildman–Crippen MR) is 94.5 cm³/mol. The SMILES string of the molecule is O=C(NCc1nc(-c2ccccc2)cs1)[C@@H]1C[C@@H]1c1cccnc1. The Hall–Kier alpha value is -2.53. The number of amides is 1. The smallest absolute Gasteiger partial charge is 0.224 e. The zero-order valence-corrected chi connectivity index (χ0v) is 13.9. The maximum absolute atomic E-state index is 12.3. The number of carbonyl (C=O) groups excluding carboxylic acids is 1. The Balaban J connectivity index is 1.33. The van der Waals surface area contributed by atoms with Crippen molar-refractivity contribution in [2.45, 2.75) is 18.9 Å². The summed E-state index contributed by atoms with van der Waals surface area (Å²) in [6.45, 7) is 0.493. The minimum atomic E-state index is 0.0720. The summed E-state index contributed by atoms with van der Waals surface area (Å²) in [7, 11) is 0. The lowest BCUT2D eigenvalue weighted by Crippen LogP contribution is -2.24. The summed E-state index contributed by atoms with van der Waals surface area (Å²) in [5.41, 5.74) is 3.22. The van der Waals surface area contributed by atoms with Crippen LogP contribution in [0.25, 0.3) is 11.3 Å². The molecule has 4 nitrogen and oxygen atoms in total. The molecule has 0 unspecified atom stereocenters. The van der Waals surface area contributed by atoms with Crippen molar-refractivity contribution in [3.8, 4) is 11.3 Å². The number of pyridine rings is 1. The molecule has 0 bridgehead atoms. The van der Waals surface area contributed by atoms with Crippen LogP contribution >= 0.6 is 11.3 Å². The van der Waals surface area contributed by atoms with Crippen molar-refractivity contribution in [2.75, 3.05) is 0 Å². The molecule has 24 heavy (non-hydrogen) atoms. The Morgan fingerprint density at radius 2 is 2.08 bits per heavy atom.